The molecule has 0 aliphatic carbocycles. The maximum absolute atomic E-state index is 12.0. The molecule has 19 heavy (non-hydrogen) atoms. The van der Waals surface area contributed by atoms with Gasteiger partial charge in [0.25, 0.3) is 11.8 Å². The molecule has 1 N–H and O–H groups in total. The molecule has 1 aromatic rings. The van der Waals surface area contributed by atoms with E-state index in [1.165, 1.54) is 30.3 Å². The summed E-state index contributed by atoms with van der Waals surface area (Å²) in [7, 11) is 0. The number of carboxylic acid groups (broad SMARTS) is 1. The van der Waals surface area contributed by atoms with Gasteiger partial charge in [-0.2, -0.15) is 0 Å². The molecule has 0 saturated carbocycles. The fourth-order valence-electron chi connectivity index (χ4n) is 1.97. The van der Waals surface area contributed by atoms with Crippen molar-refractivity contribution < 1.29 is 19.5 Å². The summed E-state index contributed by atoms with van der Waals surface area (Å²) in [5, 5.41) is 8.80. The fraction of sp³-hybridized carbons (Fsp3) is 0.214. The zero-order chi connectivity index (χ0) is 14.0. The normalized spacial score (nSPS) is 14.8. The Kier molecular flexibility index (Phi) is 3.46. The summed E-state index contributed by atoms with van der Waals surface area (Å²) in [4.78, 5) is 35.7. The van der Waals surface area contributed by atoms with Crippen molar-refractivity contribution in [3.8, 4) is 0 Å². The van der Waals surface area contributed by atoms with Crippen LogP contribution in [-0.2, 0) is 9.59 Å². The highest BCUT2D eigenvalue weighted by Crippen LogP contribution is 2.24. The molecular formula is C14H13NO4. The first-order valence-corrected chi connectivity index (χ1v) is 5.97. The van der Waals surface area contributed by atoms with Gasteiger partial charge in [0.1, 0.15) is 0 Å². The van der Waals surface area contributed by atoms with Crippen LogP contribution in [0.5, 0.6) is 0 Å². The predicted octanol–water partition coefficient (Wildman–Crippen LogP) is 1.98. The van der Waals surface area contributed by atoms with Crippen LogP contribution in [0, 0.1) is 0 Å². The highest BCUT2D eigenvalue weighted by atomic mass is 16.4. The summed E-state index contributed by atoms with van der Waals surface area (Å²) >= 11 is 0. The predicted molar refractivity (Wildman–Crippen MR) is 68.9 cm³/mol. The largest absolute Gasteiger partial charge is 0.478 e. The quantitative estimate of drug-likeness (QED) is 0.839. The standard InChI is InChI=1S/C14H13NO4/c1-2-3-10-8-12(16)15(13(10)17)11-6-4-9(5-7-11)14(18)19/h4-8H,2-3H2,1H3,(H,18,19). The summed E-state index contributed by atoms with van der Waals surface area (Å²) in [5.41, 5.74) is 1.00. The molecule has 1 aliphatic rings. The second-order valence-electron chi connectivity index (χ2n) is 4.25. The number of nitrogens with zero attached hydrogens (tertiary/aromatic N) is 1. The zero-order valence-electron chi connectivity index (χ0n) is 10.4. The molecule has 2 amide bonds. The molecule has 1 heterocycles. The molecule has 98 valence electrons. The van der Waals surface area contributed by atoms with E-state index in [4.69, 9.17) is 5.11 Å². The summed E-state index contributed by atoms with van der Waals surface area (Å²) < 4.78 is 0. The number of carbonyl (C=O) groups excluding carboxylic acids is 2. The molecule has 1 aromatic carbocycles. The summed E-state index contributed by atoms with van der Waals surface area (Å²) in [6.45, 7) is 1.93. The molecule has 0 unspecified atom stereocenters. The fourth-order valence-corrected chi connectivity index (χ4v) is 1.97. The van der Waals surface area contributed by atoms with E-state index in [0.29, 0.717) is 17.7 Å². The molecule has 1 aliphatic heterocycles. The maximum Gasteiger partial charge on any atom is 0.335 e. The Morgan fingerprint density at radius 1 is 1.21 bits per heavy atom. The molecule has 0 bridgehead atoms. The molecule has 0 saturated heterocycles. The van der Waals surface area contributed by atoms with E-state index in [1.807, 2.05) is 6.92 Å². The average molecular weight is 259 g/mol. The van der Waals surface area contributed by atoms with Crippen LogP contribution in [-0.4, -0.2) is 22.9 Å². The number of benzene rings is 1. The first-order chi connectivity index (χ1) is 9.04. The lowest BCUT2D eigenvalue weighted by Gasteiger charge is -2.14. The molecule has 0 aromatic heterocycles. The third-order valence-electron chi connectivity index (χ3n) is 2.89. The first kappa shape index (κ1) is 13.0. The van der Waals surface area contributed by atoms with E-state index in [1.54, 1.807) is 0 Å². The molecule has 0 fully saturated rings. The van der Waals surface area contributed by atoms with Crippen LogP contribution in [0.25, 0.3) is 0 Å². The molecule has 2 rings (SSSR count). The van der Waals surface area contributed by atoms with E-state index in [9.17, 15) is 14.4 Å². The molecule has 0 atom stereocenters. The van der Waals surface area contributed by atoms with Crippen molar-refractivity contribution in [2.24, 2.45) is 0 Å². The van der Waals surface area contributed by atoms with E-state index in [2.05, 4.69) is 0 Å². The van der Waals surface area contributed by atoms with Crippen molar-refractivity contribution >= 4 is 23.5 Å². The number of carboxylic acids is 1. The Hall–Kier alpha value is -2.43. The van der Waals surface area contributed by atoms with Gasteiger partial charge >= 0.3 is 5.97 Å². The van der Waals surface area contributed by atoms with Gasteiger partial charge in [-0.15, -0.1) is 0 Å². The minimum atomic E-state index is -1.05. The Balaban J connectivity index is 2.26. The van der Waals surface area contributed by atoms with E-state index in [0.717, 1.165) is 11.3 Å². The number of hydrogen-bond acceptors (Lipinski definition) is 3. The van der Waals surface area contributed by atoms with E-state index in [-0.39, 0.29) is 17.4 Å². The topological polar surface area (TPSA) is 74.7 Å². The smallest absolute Gasteiger partial charge is 0.335 e. The van der Waals surface area contributed by atoms with Crippen LogP contribution < -0.4 is 4.90 Å². The van der Waals surface area contributed by atoms with Crippen molar-refractivity contribution in [1.29, 1.82) is 0 Å². The summed E-state index contributed by atoms with van der Waals surface area (Å²) in [6, 6.07) is 5.66. The molecular weight excluding hydrogens is 246 g/mol. The SMILES string of the molecule is CCCC1=CC(=O)N(c2ccc(C(=O)O)cc2)C1=O. The lowest BCUT2D eigenvalue weighted by atomic mass is 10.1. The van der Waals surface area contributed by atoms with Gasteiger partial charge in [-0.3, -0.25) is 9.59 Å². The van der Waals surface area contributed by atoms with Gasteiger partial charge in [-0.05, 0) is 30.7 Å². The second kappa shape index (κ2) is 5.06. The van der Waals surface area contributed by atoms with Crippen LogP contribution >= 0.6 is 0 Å². The van der Waals surface area contributed by atoms with Gasteiger partial charge in [0, 0.05) is 11.6 Å². The van der Waals surface area contributed by atoms with Crippen molar-refractivity contribution in [3.63, 3.8) is 0 Å². The van der Waals surface area contributed by atoms with Gasteiger partial charge in [0.05, 0.1) is 11.3 Å². The second-order valence-corrected chi connectivity index (χ2v) is 4.25. The number of aromatic carboxylic acids is 1. The first-order valence-electron chi connectivity index (χ1n) is 5.97. The molecule has 0 spiro atoms. The highest BCUT2D eigenvalue weighted by molar-refractivity contribution is 6.30. The number of amides is 2. The van der Waals surface area contributed by atoms with Crippen LogP contribution in [0.1, 0.15) is 30.1 Å². The number of hydrogen-bond donors (Lipinski definition) is 1. The Bertz CT molecular complexity index is 572. The van der Waals surface area contributed by atoms with Gasteiger partial charge in [-0.25, -0.2) is 9.69 Å². The van der Waals surface area contributed by atoms with Crippen molar-refractivity contribution in [2.45, 2.75) is 19.8 Å². The zero-order valence-corrected chi connectivity index (χ0v) is 10.4. The summed E-state index contributed by atoms with van der Waals surface area (Å²) in [5.74, 6) is -1.75. The highest BCUT2D eigenvalue weighted by Gasteiger charge is 2.31. The van der Waals surface area contributed by atoms with Crippen molar-refractivity contribution in [3.05, 3.63) is 41.5 Å². The number of carbonyl (C=O) groups is 3. The van der Waals surface area contributed by atoms with Gasteiger partial charge in [-0.1, -0.05) is 13.3 Å². The minimum Gasteiger partial charge on any atom is -0.478 e. The van der Waals surface area contributed by atoms with Gasteiger partial charge < -0.3 is 5.11 Å². The van der Waals surface area contributed by atoms with Crippen LogP contribution in [0.4, 0.5) is 5.69 Å². The van der Waals surface area contributed by atoms with Crippen molar-refractivity contribution in [2.75, 3.05) is 4.90 Å². The van der Waals surface area contributed by atoms with Crippen LogP contribution in [0.2, 0.25) is 0 Å². The number of imide groups is 1. The third kappa shape index (κ3) is 2.40. The Morgan fingerprint density at radius 3 is 2.37 bits per heavy atom. The van der Waals surface area contributed by atoms with Crippen LogP contribution in [0.3, 0.4) is 0 Å². The average Bonchev–Trinajstić information content (AvgIpc) is 2.65. The number of rotatable bonds is 4. The molecule has 5 heteroatoms. The summed E-state index contributed by atoms with van der Waals surface area (Å²) in [6.07, 6.45) is 2.70. The molecule has 5 nitrogen and oxygen atoms in total. The van der Waals surface area contributed by atoms with Crippen molar-refractivity contribution in [1.82, 2.24) is 0 Å². The lowest BCUT2D eigenvalue weighted by molar-refractivity contribution is -0.120. The minimum absolute atomic E-state index is 0.115. The third-order valence-corrected chi connectivity index (χ3v) is 2.89. The van der Waals surface area contributed by atoms with E-state index >= 15 is 0 Å². The Morgan fingerprint density at radius 2 is 1.84 bits per heavy atom. The monoisotopic (exact) mass is 259 g/mol. The Labute approximate surface area is 110 Å². The van der Waals surface area contributed by atoms with E-state index < -0.39 is 5.97 Å². The van der Waals surface area contributed by atoms with Crippen LogP contribution in [0.15, 0.2) is 35.9 Å². The van der Waals surface area contributed by atoms with Gasteiger partial charge in [0.2, 0.25) is 0 Å². The maximum atomic E-state index is 12.0. The number of anilines is 1. The lowest BCUT2D eigenvalue weighted by Crippen LogP contribution is -2.30. The molecule has 0 radical (unpaired) electrons. The van der Waals surface area contributed by atoms with Gasteiger partial charge in [0.15, 0.2) is 0 Å².